The molecule has 0 unspecified atom stereocenters. The van der Waals surface area contributed by atoms with E-state index < -0.39 is 17.6 Å². The number of carbonyl (C=O) groups is 1. The van der Waals surface area contributed by atoms with Crippen LogP contribution in [0.25, 0.3) is 11.3 Å². The van der Waals surface area contributed by atoms with Gasteiger partial charge in [-0.25, -0.2) is 0 Å². The first-order chi connectivity index (χ1) is 16.7. The van der Waals surface area contributed by atoms with Gasteiger partial charge in [-0.1, -0.05) is 41.0 Å². The van der Waals surface area contributed by atoms with Crippen LogP contribution in [-0.2, 0) is 6.18 Å². The summed E-state index contributed by atoms with van der Waals surface area (Å²) in [5.74, 6) is -0.566. The van der Waals surface area contributed by atoms with Gasteiger partial charge in [0, 0.05) is 54.6 Å². The molecule has 1 amide bonds. The summed E-state index contributed by atoms with van der Waals surface area (Å²) in [4.78, 5) is 17.2. The monoisotopic (exact) mass is 506 g/mol. The maximum atomic E-state index is 13.4. The molecule has 6 nitrogen and oxygen atoms in total. The number of hydrogen-bond acceptors (Lipinski definition) is 5. The minimum atomic E-state index is -4.54. The molecule has 10 heteroatoms. The second-order valence-electron chi connectivity index (χ2n) is 8.45. The predicted molar refractivity (Wildman–Crippen MR) is 129 cm³/mol. The molecular weight excluding hydrogens is 481 g/mol. The summed E-state index contributed by atoms with van der Waals surface area (Å²) < 4.78 is 45.2. The van der Waals surface area contributed by atoms with Crippen molar-refractivity contribution in [2.75, 3.05) is 44.2 Å². The molecule has 0 spiro atoms. The Hall–Kier alpha value is -3.04. The van der Waals surface area contributed by atoms with Crippen LogP contribution >= 0.6 is 11.6 Å². The Bertz CT molecular complexity index is 1170. The molecule has 1 aliphatic rings. The lowest BCUT2D eigenvalue weighted by Gasteiger charge is -2.36. The molecule has 0 aliphatic carbocycles. The summed E-state index contributed by atoms with van der Waals surface area (Å²) >= 11 is 6.09. The molecule has 0 saturated carbocycles. The quantitative estimate of drug-likeness (QED) is 0.443. The van der Waals surface area contributed by atoms with E-state index in [0.717, 1.165) is 55.9 Å². The lowest BCUT2D eigenvalue weighted by molar-refractivity contribution is -0.137. The Balaban J connectivity index is 1.27. The van der Waals surface area contributed by atoms with E-state index in [1.54, 1.807) is 0 Å². The Morgan fingerprint density at radius 2 is 1.86 bits per heavy atom. The number of aromatic nitrogens is 1. The van der Waals surface area contributed by atoms with Gasteiger partial charge in [-0.05, 0) is 44.2 Å². The number of hydrogen-bond donors (Lipinski definition) is 1. The number of nitrogens with one attached hydrogen (secondary N) is 1. The van der Waals surface area contributed by atoms with Crippen molar-refractivity contribution in [3.8, 4) is 11.3 Å². The third kappa shape index (κ3) is 5.97. The highest BCUT2D eigenvalue weighted by molar-refractivity contribution is 6.30. The maximum Gasteiger partial charge on any atom is 0.417 e. The zero-order valence-corrected chi connectivity index (χ0v) is 20.0. The van der Waals surface area contributed by atoms with E-state index in [2.05, 4.69) is 26.3 Å². The van der Waals surface area contributed by atoms with Gasteiger partial charge in [-0.2, -0.15) is 13.2 Å². The predicted octanol–water partition coefficient (Wildman–Crippen LogP) is 5.26. The maximum absolute atomic E-state index is 13.4. The van der Waals surface area contributed by atoms with Gasteiger partial charge < -0.3 is 14.7 Å². The molecule has 1 saturated heterocycles. The lowest BCUT2D eigenvalue weighted by Crippen LogP contribution is -2.47. The summed E-state index contributed by atoms with van der Waals surface area (Å²) in [6.07, 6.45) is -3.80. The average molecular weight is 507 g/mol. The zero-order valence-electron chi connectivity index (χ0n) is 19.2. The minimum absolute atomic E-state index is 0.0145. The van der Waals surface area contributed by atoms with Crippen LogP contribution in [0, 0.1) is 6.92 Å². The highest BCUT2D eigenvalue weighted by Gasteiger charge is 2.35. The van der Waals surface area contributed by atoms with Crippen LogP contribution in [0.3, 0.4) is 0 Å². The van der Waals surface area contributed by atoms with Gasteiger partial charge in [-0.3, -0.25) is 9.69 Å². The molecule has 1 fully saturated rings. The first kappa shape index (κ1) is 25.1. The molecule has 2 heterocycles. The lowest BCUT2D eigenvalue weighted by atomic mass is 10.0. The standard InChI is InChI=1S/C25H26ClF3N4O2/c1-17-22(20-8-2-3-9-21(20)25(27,28)29)31-35-23(17)24(34)30-10-5-11-32-12-14-33(15-13-32)19-7-4-6-18(26)16-19/h2-4,6-9,16H,5,10-15H2,1H3,(H,30,34). The minimum Gasteiger partial charge on any atom is -0.369 e. The normalized spacial score (nSPS) is 14.8. The summed E-state index contributed by atoms with van der Waals surface area (Å²) in [6.45, 7) is 6.38. The van der Waals surface area contributed by atoms with Crippen LogP contribution < -0.4 is 10.2 Å². The molecule has 0 bridgehead atoms. The number of benzene rings is 2. The number of nitrogens with zero attached hydrogens (tertiary/aromatic N) is 3. The van der Waals surface area contributed by atoms with Crippen LogP contribution in [0.4, 0.5) is 18.9 Å². The van der Waals surface area contributed by atoms with Crippen LogP contribution in [0.1, 0.15) is 28.1 Å². The van der Waals surface area contributed by atoms with Crippen LogP contribution in [0.15, 0.2) is 53.1 Å². The van der Waals surface area contributed by atoms with Gasteiger partial charge >= 0.3 is 6.18 Å². The number of amides is 1. The Morgan fingerprint density at radius 1 is 1.11 bits per heavy atom. The summed E-state index contributed by atoms with van der Waals surface area (Å²) in [7, 11) is 0. The van der Waals surface area contributed by atoms with Crippen molar-refractivity contribution >= 4 is 23.2 Å². The molecule has 1 aromatic heterocycles. The largest absolute Gasteiger partial charge is 0.417 e. The van der Waals surface area contributed by atoms with Crippen LogP contribution in [0.5, 0.6) is 0 Å². The highest BCUT2D eigenvalue weighted by atomic mass is 35.5. The van der Waals surface area contributed by atoms with Crippen molar-refractivity contribution in [2.24, 2.45) is 0 Å². The van der Waals surface area contributed by atoms with E-state index >= 15 is 0 Å². The van der Waals surface area contributed by atoms with Gasteiger partial charge in [0.15, 0.2) is 0 Å². The van der Waals surface area contributed by atoms with E-state index in [1.807, 2.05) is 18.2 Å². The van der Waals surface area contributed by atoms with Crippen molar-refractivity contribution < 1.29 is 22.5 Å². The second-order valence-corrected chi connectivity index (χ2v) is 8.88. The van der Waals surface area contributed by atoms with Crippen molar-refractivity contribution in [2.45, 2.75) is 19.5 Å². The smallest absolute Gasteiger partial charge is 0.369 e. The molecule has 186 valence electrons. The van der Waals surface area contributed by atoms with Crippen LogP contribution in [-0.4, -0.2) is 55.2 Å². The third-order valence-electron chi connectivity index (χ3n) is 6.10. The second kappa shape index (κ2) is 10.7. The van der Waals surface area contributed by atoms with Crippen molar-refractivity contribution in [1.29, 1.82) is 0 Å². The van der Waals surface area contributed by atoms with Crippen molar-refractivity contribution in [3.05, 3.63) is 70.4 Å². The number of carbonyl (C=O) groups excluding carboxylic acids is 1. The first-order valence-electron chi connectivity index (χ1n) is 11.4. The van der Waals surface area contributed by atoms with Gasteiger partial charge in [0.1, 0.15) is 5.69 Å². The Morgan fingerprint density at radius 3 is 2.57 bits per heavy atom. The van der Waals surface area contributed by atoms with Gasteiger partial charge in [0.05, 0.1) is 5.56 Å². The topological polar surface area (TPSA) is 61.6 Å². The van der Waals surface area contributed by atoms with E-state index in [9.17, 15) is 18.0 Å². The fourth-order valence-electron chi connectivity index (χ4n) is 4.22. The fourth-order valence-corrected chi connectivity index (χ4v) is 4.41. The summed E-state index contributed by atoms with van der Waals surface area (Å²) in [6, 6.07) is 12.9. The molecule has 1 aliphatic heterocycles. The number of piperazine rings is 1. The molecule has 2 aromatic carbocycles. The van der Waals surface area contributed by atoms with E-state index in [1.165, 1.54) is 25.1 Å². The summed E-state index contributed by atoms with van der Waals surface area (Å²) in [5.41, 5.74) is 0.470. The van der Waals surface area contributed by atoms with Gasteiger partial charge in [-0.15, -0.1) is 0 Å². The molecule has 0 atom stereocenters. The molecular formula is C25H26ClF3N4O2. The zero-order chi connectivity index (χ0) is 25.0. The van der Waals surface area contributed by atoms with Crippen molar-refractivity contribution in [1.82, 2.24) is 15.4 Å². The molecule has 1 N–H and O–H groups in total. The number of halogens is 4. The van der Waals surface area contributed by atoms with Gasteiger partial charge in [0.25, 0.3) is 5.91 Å². The fraction of sp³-hybridized carbons (Fsp3) is 0.360. The number of anilines is 1. The number of alkyl halides is 3. The van der Waals surface area contributed by atoms with E-state index in [-0.39, 0.29) is 22.6 Å². The Labute approximate surface area is 206 Å². The molecule has 35 heavy (non-hydrogen) atoms. The highest BCUT2D eigenvalue weighted by Crippen LogP contribution is 2.38. The van der Waals surface area contributed by atoms with Crippen molar-refractivity contribution in [3.63, 3.8) is 0 Å². The number of rotatable bonds is 7. The third-order valence-corrected chi connectivity index (χ3v) is 6.34. The average Bonchev–Trinajstić information content (AvgIpc) is 3.23. The Kier molecular flexibility index (Phi) is 7.66. The van der Waals surface area contributed by atoms with Gasteiger partial charge in [0.2, 0.25) is 5.76 Å². The molecule has 0 radical (unpaired) electrons. The summed E-state index contributed by atoms with van der Waals surface area (Å²) in [5, 5.41) is 7.27. The van der Waals surface area contributed by atoms with E-state index in [0.29, 0.717) is 6.54 Å². The molecule has 4 rings (SSSR count). The first-order valence-corrected chi connectivity index (χ1v) is 11.8. The molecule has 3 aromatic rings. The van der Waals surface area contributed by atoms with Crippen LogP contribution in [0.2, 0.25) is 5.02 Å². The SMILES string of the molecule is Cc1c(-c2ccccc2C(F)(F)F)noc1C(=O)NCCCN1CCN(c2cccc(Cl)c2)CC1. The van der Waals surface area contributed by atoms with E-state index in [4.69, 9.17) is 16.1 Å².